The Morgan fingerprint density at radius 3 is 1.72 bits per heavy atom. The highest BCUT2D eigenvalue weighted by Gasteiger charge is 2.21. The van der Waals surface area contributed by atoms with Gasteiger partial charge in [0.25, 0.3) is 7.82 Å². The quantitative estimate of drug-likeness (QED) is 0.0159. The third-order valence-corrected chi connectivity index (χ3v) is 10.8. The summed E-state index contributed by atoms with van der Waals surface area (Å²) in [5.41, 5.74) is 0. The van der Waals surface area contributed by atoms with Crippen molar-refractivity contribution < 1.29 is 47.2 Å². The molecule has 0 rings (SSSR count). The third-order valence-electron chi connectivity index (χ3n) is 9.80. The first-order valence-electron chi connectivity index (χ1n) is 23.8. The molecule has 0 radical (unpaired) electrons. The molecule has 0 spiro atoms. The number of ether oxygens (including phenoxy) is 2. The third kappa shape index (κ3) is 45.3. The van der Waals surface area contributed by atoms with Crippen LogP contribution in [0.2, 0.25) is 0 Å². The number of hydrogen-bond acceptors (Lipinski definition) is 9. The average molecular weight is 878 g/mol. The number of aliphatic hydroxyl groups is 1. The predicted molar refractivity (Wildman–Crippen MR) is 251 cm³/mol. The van der Waals surface area contributed by atoms with Crippen molar-refractivity contribution in [3.05, 3.63) is 72.9 Å². The van der Waals surface area contributed by atoms with E-state index < -0.39 is 32.5 Å². The first kappa shape index (κ1) is 58.4. The number of nitrogens with zero attached hydrogens (tertiary/aromatic N) is 1. The number of allylic oxidation sites excluding steroid dienone is 11. The van der Waals surface area contributed by atoms with Gasteiger partial charge in [0.1, 0.15) is 19.8 Å². The van der Waals surface area contributed by atoms with Crippen molar-refractivity contribution in [2.75, 3.05) is 47.5 Å². The molecule has 0 aliphatic heterocycles. The molecule has 0 fully saturated rings. The van der Waals surface area contributed by atoms with E-state index in [1.807, 2.05) is 57.6 Å². The molecule has 0 aliphatic carbocycles. The van der Waals surface area contributed by atoms with Gasteiger partial charge in [-0.25, -0.2) is 0 Å². The van der Waals surface area contributed by atoms with Gasteiger partial charge in [0.2, 0.25) is 0 Å². The van der Waals surface area contributed by atoms with Crippen LogP contribution in [-0.2, 0) is 32.7 Å². The molecular formula is C50H88NO9P. The first-order chi connectivity index (χ1) is 29.4. The highest BCUT2D eigenvalue weighted by atomic mass is 31.2. The van der Waals surface area contributed by atoms with E-state index in [-0.39, 0.29) is 32.2 Å². The zero-order chi connectivity index (χ0) is 45.1. The molecule has 0 bridgehead atoms. The zero-order valence-electron chi connectivity index (χ0n) is 39.2. The maximum atomic E-state index is 12.7. The van der Waals surface area contributed by atoms with E-state index in [4.69, 9.17) is 18.5 Å². The molecule has 3 atom stereocenters. The number of unbranched alkanes of at least 4 members (excludes halogenated alkanes) is 15. The minimum absolute atomic E-state index is 0.0510. The summed E-state index contributed by atoms with van der Waals surface area (Å²) in [7, 11) is 1.10. The van der Waals surface area contributed by atoms with Crippen LogP contribution >= 0.6 is 7.82 Å². The van der Waals surface area contributed by atoms with Crippen LogP contribution in [0.1, 0.15) is 174 Å². The second kappa shape index (κ2) is 41.4. The molecule has 0 saturated heterocycles. The fraction of sp³-hybridized carbons (Fsp3) is 0.720. The Hall–Kier alpha value is -2.59. The van der Waals surface area contributed by atoms with Gasteiger partial charge < -0.3 is 33.0 Å². The number of carbonyl (C=O) groups excluding carboxylic acids is 2. The molecule has 0 heterocycles. The lowest BCUT2D eigenvalue weighted by atomic mass is 10.1. The van der Waals surface area contributed by atoms with E-state index in [0.29, 0.717) is 30.3 Å². The number of carbonyl (C=O) groups is 2. The molecule has 0 aromatic carbocycles. The number of esters is 2. The van der Waals surface area contributed by atoms with Crippen LogP contribution in [0.4, 0.5) is 0 Å². The molecule has 1 N–H and O–H groups in total. The van der Waals surface area contributed by atoms with Crippen LogP contribution in [0, 0.1) is 0 Å². The standard InChI is InChI=1S/C50H88NO9P/c1-6-8-10-11-12-13-14-15-16-17-18-19-20-21-24-28-31-34-38-42-50(54)60-48(46-59-61(55,56)58-44-43-51(3,4)5)45-57-49(53)41-37-33-30-27-25-22-23-26-29-32-36-40-47(52)39-35-9-7-2/h12-13,15-16,22-23,27,29-30,32,36,40,47-48,52H,6-11,14,17-21,24-26,28,31,33-35,37-39,41-46H2,1-5H3/b13-12-,16-15-,23-22-,30-27-,32-29-,40-36+/t47-,48-/m1/s1. The topological polar surface area (TPSA) is 131 Å². The van der Waals surface area contributed by atoms with Gasteiger partial charge in [0.15, 0.2) is 6.10 Å². The number of phosphoric ester groups is 1. The lowest BCUT2D eigenvalue weighted by Gasteiger charge is -2.28. The molecule has 0 aromatic heterocycles. The summed E-state index contributed by atoms with van der Waals surface area (Å²) in [6, 6.07) is 0. The molecule has 1 unspecified atom stereocenters. The van der Waals surface area contributed by atoms with Crippen LogP contribution in [0.5, 0.6) is 0 Å². The van der Waals surface area contributed by atoms with Gasteiger partial charge in [-0.05, 0) is 70.6 Å². The van der Waals surface area contributed by atoms with Gasteiger partial charge >= 0.3 is 11.9 Å². The van der Waals surface area contributed by atoms with Crippen molar-refractivity contribution >= 4 is 19.8 Å². The SMILES string of the molecule is CCCCC/C=C\C/C=C\CCCCCCCCCCCC(=O)O[C@H](COC(=O)CCC/C=C\C/C=C\C/C=C\C=C\[C@H](O)CCCCC)COP(=O)([O-])OCC[N+](C)(C)C. The summed E-state index contributed by atoms with van der Waals surface area (Å²) in [5.74, 6) is -0.935. The molecule has 61 heavy (non-hydrogen) atoms. The van der Waals surface area contributed by atoms with Crippen LogP contribution < -0.4 is 4.89 Å². The van der Waals surface area contributed by atoms with Crippen LogP contribution in [-0.4, -0.2) is 81.2 Å². The summed E-state index contributed by atoms with van der Waals surface area (Å²) in [6.45, 7) is 3.99. The summed E-state index contributed by atoms with van der Waals surface area (Å²) >= 11 is 0. The van der Waals surface area contributed by atoms with Gasteiger partial charge in [-0.1, -0.05) is 164 Å². The van der Waals surface area contributed by atoms with Crippen LogP contribution in [0.3, 0.4) is 0 Å². The van der Waals surface area contributed by atoms with Gasteiger partial charge in [0.05, 0.1) is 33.9 Å². The van der Waals surface area contributed by atoms with Crippen molar-refractivity contribution in [1.82, 2.24) is 0 Å². The molecule has 10 nitrogen and oxygen atoms in total. The Labute approximate surface area is 372 Å². The van der Waals surface area contributed by atoms with Crippen molar-refractivity contribution in [3.8, 4) is 0 Å². The lowest BCUT2D eigenvalue weighted by molar-refractivity contribution is -0.870. The fourth-order valence-corrected chi connectivity index (χ4v) is 6.75. The van der Waals surface area contributed by atoms with Crippen LogP contribution in [0.25, 0.3) is 0 Å². The number of rotatable bonds is 42. The summed E-state index contributed by atoms with van der Waals surface area (Å²) in [6.07, 6.45) is 48.3. The molecule has 352 valence electrons. The minimum atomic E-state index is -4.65. The summed E-state index contributed by atoms with van der Waals surface area (Å²) < 4.78 is 33.9. The maximum absolute atomic E-state index is 12.7. The number of likely N-dealkylation sites (N-methyl/N-ethyl adjacent to an activating group) is 1. The Bertz CT molecular complexity index is 1280. The first-order valence-corrected chi connectivity index (χ1v) is 25.2. The largest absolute Gasteiger partial charge is 0.756 e. The van der Waals surface area contributed by atoms with Gasteiger partial charge in [-0.3, -0.25) is 14.2 Å². The maximum Gasteiger partial charge on any atom is 0.306 e. The van der Waals surface area contributed by atoms with Gasteiger partial charge in [0, 0.05) is 12.8 Å². The Balaban J connectivity index is 4.45. The number of quaternary nitrogens is 1. The Morgan fingerprint density at radius 1 is 0.607 bits per heavy atom. The molecule has 0 aromatic rings. The average Bonchev–Trinajstić information content (AvgIpc) is 3.21. The van der Waals surface area contributed by atoms with E-state index in [1.165, 1.54) is 57.8 Å². The highest BCUT2D eigenvalue weighted by Crippen LogP contribution is 2.38. The van der Waals surface area contributed by atoms with Gasteiger partial charge in [-0.2, -0.15) is 0 Å². The van der Waals surface area contributed by atoms with E-state index in [0.717, 1.165) is 70.6 Å². The van der Waals surface area contributed by atoms with Crippen LogP contribution in [0.15, 0.2) is 72.9 Å². The van der Waals surface area contributed by atoms with E-state index >= 15 is 0 Å². The zero-order valence-corrected chi connectivity index (χ0v) is 40.1. The van der Waals surface area contributed by atoms with E-state index in [9.17, 15) is 24.2 Å². The predicted octanol–water partition coefficient (Wildman–Crippen LogP) is 12.1. The molecule has 0 aliphatic rings. The Morgan fingerprint density at radius 2 is 1.11 bits per heavy atom. The second-order valence-electron chi connectivity index (χ2n) is 17.0. The smallest absolute Gasteiger partial charge is 0.306 e. The molecule has 11 heteroatoms. The summed E-state index contributed by atoms with van der Waals surface area (Å²) in [4.78, 5) is 37.6. The molecular weight excluding hydrogens is 790 g/mol. The lowest BCUT2D eigenvalue weighted by Crippen LogP contribution is -2.37. The van der Waals surface area contributed by atoms with Crippen molar-refractivity contribution in [2.45, 2.75) is 187 Å². The van der Waals surface area contributed by atoms with Crippen molar-refractivity contribution in [2.24, 2.45) is 0 Å². The molecule has 0 saturated carbocycles. The molecule has 0 amide bonds. The number of aliphatic hydroxyl groups excluding tert-OH is 1. The number of hydrogen-bond donors (Lipinski definition) is 1. The monoisotopic (exact) mass is 878 g/mol. The van der Waals surface area contributed by atoms with Crippen molar-refractivity contribution in [3.63, 3.8) is 0 Å². The summed E-state index contributed by atoms with van der Waals surface area (Å²) in [5, 5.41) is 9.91. The van der Waals surface area contributed by atoms with Crippen molar-refractivity contribution in [1.29, 1.82) is 0 Å². The fourth-order valence-electron chi connectivity index (χ4n) is 6.02. The highest BCUT2D eigenvalue weighted by molar-refractivity contribution is 7.45. The van der Waals surface area contributed by atoms with Gasteiger partial charge in [-0.15, -0.1) is 0 Å². The minimum Gasteiger partial charge on any atom is -0.756 e. The van der Waals surface area contributed by atoms with E-state index in [1.54, 1.807) is 0 Å². The second-order valence-corrected chi connectivity index (χ2v) is 18.4. The Kier molecular flexibility index (Phi) is 39.7. The number of phosphoric acid groups is 1. The normalized spacial score (nSPS) is 14.7. The van der Waals surface area contributed by atoms with E-state index in [2.05, 4.69) is 50.3 Å².